The average molecular weight is 807 g/mol. The summed E-state index contributed by atoms with van der Waals surface area (Å²) in [6.07, 6.45) is 18.8. The lowest BCUT2D eigenvalue weighted by Gasteiger charge is -2.17. The number of carbonyl (C=O) groups excluding carboxylic acids is 4. The first-order valence-electron chi connectivity index (χ1n) is 21.8. The zero-order chi connectivity index (χ0) is 43.6. The maximum absolute atomic E-state index is 13.8. The largest absolute Gasteiger partial charge is 0.462 e. The van der Waals surface area contributed by atoms with Crippen LogP contribution < -0.4 is 0 Å². The normalized spacial score (nSPS) is 12.9. The third kappa shape index (κ3) is 23.5. The van der Waals surface area contributed by atoms with Crippen LogP contribution >= 0.6 is 0 Å². The lowest BCUT2D eigenvalue weighted by molar-refractivity contribution is 0.0420. The highest BCUT2D eigenvalue weighted by atomic mass is 16.5. The molecule has 0 heterocycles. The van der Waals surface area contributed by atoms with E-state index in [1.54, 1.807) is 0 Å². The molecule has 0 aromatic heterocycles. The van der Waals surface area contributed by atoms with E-state index in [1.165, 1.54) is 34.4 Å². The second kappa shape index (κ2) is 29.3. The van der Waals surface area contributed by atoms with E-state index in [1.807, 2.05) is 0 Å². The van der Waals surface area contributed by atoms with Gasteiger partial charge in [0.05, 0.1) is 48.7 Å². The van der Waals surface area contributed by atoms with Gasteiger partial charge in [-0.25, -0.2) is 19.2 Å². The van der Waals surface area contributed by atoms with Crippen molar-refractivity contribution in [2.75, 3.05) is 26.4 Å². The topological polar surface area (TPSA) is 105 Å². The maximum atomic E-state index is 13.8. The molecule has 0 saturated heterocycles. The molecule has 0 spiro atoms. The summed E-state index contributed by atoms with van der Waals surface area (Å²) in [5.74, 6) is -1.89. The van der Waals surface area contributed by atoms with Gasteiger partial charge in [0.25, 0.3) is 0 Å². The van der Waals surface area contributed by atoms with Gasteiger partial charge in [-0.05, 0) is 168 Å². The summed E-state index contributed by atoms with van der Waals surface area (Å²) in [5.41, 5.74) is 4.45. The van der Waals surface area contributed by atoms with Crippen molar-refractivity contribution in [2.24, 2.45) is 23.7 Å². The van der Waals surface area contributed by atoms with Crippen LogP contribution in [-0.2, 0) is 18.9 Å². The highest BCUT2D eigenvalue weighted by molar-refractivity contribution is 6.10. The van der Waals surface area contributed by atoms with E-state index in [-0.39, 0.29) is 48.7 Å². The summed E-state index contributed by atoms with van der Waals surface area (Å²) in [4.78, 5) is 55.1. The van der Waals surface area contributed by atoms with Gasteiger partial charge >= 0.3 is 23.9 Å². The molecule has 0 amide bonds. The minimum absolute atomic E-state index is 0.131. The van der Waals surface area contributed by atoms with Crippen molar-refractivity contribution >= 4 is 23.9 Å². The Hall–Kier alpha value is -3.94. The molecule has 4 atom stereocenters. The summed E-state index contributed by atoms with van der Waals surface area (Å²) < 4.78 is 22.9. The molecule has 8 nitrogen and oxygen atoms in total. The summed E-state index contributed by atoms with van der Waals surface area (Å²) in [5, 5.41) is 0. The zero-order valence-electron chi connectivity index (χ0n) is 38.4. The van der Waals surface area contributed by atoms with E-state index in [4.69, 9.17) is 18.9 Å². The molecular formula is C50H78O8. The quantitative estimate of drug-likeness (QED) is 0.0468. The fourth-order valence-electron chi connectivity index (χ4n) is 6.20. The third-order valence-corrected chi connectivity index (χ3v) is 10.3. The number of carbonyl (C=O) groups is 4. The maximum Gasteiger partial charge on any atom is 0.339 e. The molecule has 0 aliphatic rings. The van der Waals surface area contributed by atoms with Crippen LogP contribution in [0.1, 0.15) is 202 Å². The minimum Gasteiger partial charge on any atom is -0.462 e. The molecule has 326 valence electrons. The highest BCUT2D eigenvalue weighted by Crippen LogP contribution is 2.24. The molecule has 1 rings (SSSR count). The van der Waals surface area contributed by atoms with E-state index in [9.17, 15) is 19.2 Å². The number of hydrogen-bond acceptors (Lipinski definition) is 8. The minimum atomic E-state index is -0.773. The molecule has 58 heavy (non-hydrogen) atoms. The number of allylic oxidation sites excluding steroid dienone is 8. The van der Waals surface area contributed by atoms with Crippen molar-refractivity contribution in [3.8, 4) is 0 Å². The van der Waals surface area contributed by atoms with Crippen molar-refractivity contribution in [2.45, 2.75) is 160 Å². The molecule has 8 heteroatoms. The molecule has 1 aromatic rings. The Morgan fingerprint density at radius 2 is 0.569 bits per heavy atom. The van der Waals surface area contributed by atoms with Gasteiger partial charge < -0.3 is 18.9 Å². The van der Waals surface area contributed by atoms with Crippen molar-refractivity contribution < 1.29 is 38.1 Å². The first kappa shape index (κ1) is 52.1. The summed E-state index contributed by atoms with van der Waals surface area (Å²) in [7, 11) is 0. The zero-order valence-corrected chi connectivity index (χ0v) is 38.4. The van der Waals surface area contributed by atoms with Crippen LogP contribution in [0.2, 0.25) is 0 Å². The molecule has 0 radical (unpaired) electrons. The highest BCUT2D eigenvalue weighted by Gasteiger charge is 2.29. The van der Waals surface area contributed by atoms with Crippen molar-refractivity contribution in [1.29, 1.82) is 0 Å². The summed E-state index contributed by atoms with van der Waals surface area (Å²) in [6.45, 7) is 25.5. The summed E-state index contributed by atoms with van der Waals surface area (Å²) >= 11 is 0. The Bertz CT molecular complexity index is 1320. The Labute approximate surface area is 352 Å². The van der Waals surface area contributed by atoms with Gasteiger partial charge in [-0.1, -0.05) is 74.3 Å². The Kier molecular flexibility index (Phi) is 26.3. The lowest BCUT2D eigenvalue weighted by Crippen LogP contribution is -2.22. The van der Waals surface area contributed by atoms with Gasteiger partial charge in [0.1, 0.15) is 0 Å². The molecule has 4 unspecified atom stereocenters. The number of ether oxygens (including phenoxy) is 4. The predicted octanol–water partition coefficient (Wildman–Crippen LogP) is 13.4. The Balaban J connectivity index is 3.45. The molecule has 0 bridgehead atoms. The van der Waals surface area contributed by atoms with Crippen molar-refractivity contribution in [1.82, 2.24) is 0 Å². The second-order valence-corrected chi connectivity index (χ2v) is 17.5. The first-order valence-corrected chi connectivity index (χ1v) is 21.8. The van der Waals surface area contributed by atoms with E-state index in [0.717, 1.165) is 51.4 Å². The third-order valence-electron chi connectivity index (χ3n) is 10.3. The fraction of sp³-hybridized carbons (Fsp3) is 0.640. The van der Waals surface area contributed by atoms with Crippen LogP contribution in [0, 0.1) is 23.7 Å². The van der Waals surface area contributed by atoms with E-state index < -0.39 is 23.9 Å². The Morgan fingerprint density at radius 1 is 0.379 bits per heavy atom. The van der Waals surface area contributed by atoms with Gasteiger partial charge in [0.2, 0.25) is 0 Å². The van der Waals surface area contributed by atoms with Crippen LogP contribution in [-0.4, -0.2) is 50.3 Å². The second-order valence-electron chi connectivity index (χ2n) is 17.5. The molecule has 0 N–H and O–H groups in total. The van der Waals surface area contributed by atoms with Crippen LogP contribution in [0.5, 0.6) is 0 Å². The SMILES string of the molecule is CC(C)=CCCC(C)CCOC(=O)c1cc(C(=O)OCCC(C)CCC=C(C)C)c(C(=O)OCCC(C)CCC=C(C)C)cc1C(=O)OCCC(C)CCC=C(C)C. The average Bonchev–Trinajstić information content (AvgIpc) is 3.13. The predicted molar refractivity (Wildman–Crippen MR) is 237 cm³/mol. The van der Waals surface area contributed by atoms with E-state index in [2.05, 4.69) is 107 Å². The summed E-state index contributed by atoms with van der Waals surface area (Å²) in [6, 6.07) is 2.50. The Morgan fingerprint density at radius 3 is 0.741 bits per heavy atom. The van der Waals surface area contributed by atoms with Gasteiger partial charge in [0.15, 0.2) is 0 Å². The first-order chi connectivity index (χ1) is 27.4. The van der Waals surface area contributed by atoms with Crippen molar-refractivity contribution in [3.05, 3.63) is 81.0 Å². The smallest absolute Gasteiger partial charge is 0.339 e. The van der Waals surface area contributed by atoms with Crippen LogP contribution in [0.4, 0.5) is 0 Å². The number of esters is 4. The van der Waals surface area contributed by atoms with Gasteiger partial charge in [-0.3, -0.25) is 0 Å². The lowest BCUT2D eigenvalue weighted by atomic mass is 9.97. The molecule has 0 saturated carbocycles. The monoisotopic (exact) mass is 807 g/mol. The molecular weight excluding hydrogens is 729 g/mol. The van der Waals surface area contributed by atoms with Crippen molar-refractivity contribution in [3.63, 3.8) is 0 Å². The van der Waals surface area contributed by atoms with Crippen LogP contribution in [0.3, 0.4) is 0 Å². The molecule has 0 aliphatic carbocycles. The standard InChI is InChI=1S/C50H78O8/c1-35(2)17-13-21-39(9)25-29-55-47(51)43-33-45(49(53)57-31-27-41(11)23-15-19-37(5)6)46(50(54)58-32-28-42(12)24-16-20-38(7)8)34-44(43)48(52)56-30-26-40(10)22-14-18-36(3)4/h17-20,33-34,39-42H,13-16,21-32H2,1-12H3. The number of rotatable bonds is 28. The molecule has 0 aliphatic heterocycles. The van der Waals surface area contributed by atoms with Gasteiger partial charge in [-0.15, -0.1) is 0 Å². The number of hydrogen-bond donors (Lipinski definition) is 0. The number of benzene rings is 1. The van der Waals surface area contributed by atoms with E-state index >= 15 is 0 Å². The molecule has 1 aromatic carbocycles. The fourth-order valence-corrected chi connectivity index (χ4v) is 6.20. The van der Waals surface area contributed by atoms with Crippen LogP contribution in [0.15, 0.2) is 58.7 Å². The van der Waals surface area contributed by atoms with Gasteiger partial charge in [0, 0.05) is 0 Å². The van der Waals surface area contributed by atoms with Crippen LogP contribution in [0.25, 0.3) is 0 Å². The molecule has 0 fully saturated rings. The van der Waals surface area contributed by atoms with Gasteiger partial charge in [-0.2, -0.15) is 0 Å². The van der Waals surface area contributed by atoms with E-state index in [0.29, 0.717) is 49.4 Å².